The molecular formula is C24H23NO5. The molecule has 0 aromatic heterocycles. The minimum Gasteiger partial charge on any atom is -0.495 e. The minimum absolute atomic E-state index is 0.190. The second-order valence-electron chi connectivity index (χ2n) is 6.53. The molecule has 1 unspecified atom stereocenters. The number of ether oxygens (including phenoxy) is 3. The number of hydrogen-bond acceptors (Lipinski definition) is 5. The molecule has 1 amide bonds. The van der Waals surface area contributed by atoms with E-state index in [2.05, 4.69) is 5.32 Å². The molecule has 0 aliphatic carbocycles. The van der Waals surface area contributed by atoms with E-state index in [-0.39, 0.29) is 12.5 Å². The zero-order chi connectivity index (χ0) is 21.3. The highest BCUT2D eigenvalue weighted by Crippen LogP contribution is 2.24. The Kier molecular flexibility index (Phi) is 7.05. The lowest BCUT2D eigenvalue weighted by Gasteiger charge is -2.14. The zero-order valence-electron chi connectivity index (χ0n) is 16.8. The van der Waals surface area contributed by atoms with E-state index in [0.29, 0.717) is 22.7 Å². The SMILES string of the molecule is COc1ccccc1NC(=O)c1ccc(OC(C)C(=O)OCc2ccccc2)cc1. The van der Waals surface area contributed by atoms with Gasteiger partial charge in [-0.25, -0.2) is 4.79 Å². The number of hydrogen-bond donors (Lipinski definition) is 1. The van der Waals surface area contributed by atoms with Crippen LogP contribution in [0, 0.1) is 0 Å². The Morgan fingerprint density at radius 2 is 1.57 bits per heavy atom. The van der Waals surface area contributed by atoms with Crippen molar-refractivity contribution in [3.05, 3.63) is 90.0 Å². The first kappa shape index (κ1) is 20.9. The standard InChI is InChI=1S/C24H23NO5/c1-17(24(27)29-16-18-8-4-3-5-9-18)30-20-14-12-19(13-15-20)23(26)25-21-10-6-7-11-22(21)28-2/h3-15,17H,16H2,1-2H3,(H,25,26). The van der Waals surface area contributed by atoms with Crippen molar-refractivity contribution in [2.75, 3.05) is 12.4 Å². The molecular weight excluding hydrogens is 382 g/mol. The third-order valence-corrected chi connectivity index (χ3v) is 4.34. The van der Waals surface area contributed by atoms with Crippen molar-refractivity contribution in [3.8, 4) is 11.5 Å². The van der Waals surface area contributed by atoms with Crippen LogP contribution in [0.5, 0.6) is 11.5 Å². The highest BCUT2D eigenvalue weighted by atomic mass is 16.6. The van der Waals surface area contributed by atoms with Gasteiger partial charge in [0.25, 0.3) is 5.91 Å². The number of anilines is 1. The molecule has 6 heteroatoms. The van der Waals surface area contributed by atoms with Crippen LogP contribution in [0.4, 0.5) is 5.69 Å². The van der Waals surface area contributed by atoms with Gasteiger partial charge in [0.15, 0.2) is 6.10 Å². The van der Waals surface area contributed by atoms with Crippen LogP contribution in [0.15, 0.2) is 78.9 Å². The van der Waals surface area contributed by atoms with Crippen molar-refractivity contribution in [1.29, 1.82) is 0 Å². The van der Waals surface area contributed by atoms with Crippen LogP contribution in [0.2, 0.25) is 0 Å². The largest absolute Gasteiger partial charge is 0.495 e. The average molecular weight is 405 g/mol. The van der Waals surface area contributed by atoms with E-state index in [1.807, 2.05) is 42.5 Å². The van der Waals surface area contributed by atoms with Crippen LogP contribution >= 0.6 is 0 Å². The predicted octanol–water partition coefficient (Wildman–Crippen LogP) is 4.46. The summed E-state index contributed by atoms with van der Waals surface area (Å²) in [4.78, 5) is 24.6. The Balaban J connectivity index is 1.54. The molecule has 154 valence electrons. The molecule has 6 nitrogen and oxygen atoms in total. The van der Waals surface area contributed by atoms with Crippen molar-refractivity contribution >= 4 is 17.6 Å². The number of benzene rings is 3. The Labute approximate surface area is 175 Å². The van der Waals surface area contributed by atoms with Crippen molar-refractivity contribution in [2.45, 2.75) is 19.6 Å². The number of nitrogens with one attached hydrogen (secondary N) is 1. The van der Waals surface area contributed by atoms with E-state index in [1.54, 1.807) is 50.4 Å². The van der Waals surface area contributed by atoms with Crippen LogP contribution in [-0.4, -0.2) is 25.1 Å². The lowest BCUT2D eigenvalue weighted by Crippen LogP contribution is -2.26. The summed E-state index contributed by atoms with van der Waals surface area (Å²) in [6, 6.07) is 23.1. The van der Waals surface area contributed by atoms with Gasteiger partial charge in [0, 0.05) is 5.56 Å². The molecule has 1 atom stereocenters. The van der Waals surface area contributed by atoms with Gasteiger partial charge >= 0.3 is 5.97 Å². The molecule has 0 heterocycles. The lowest BCUT2D eigenvalue weighted by molar-refractivity contribution is -0.152. The maximum absolute atomic E-state index is 12.5. The molecule has 0 radical (unpaired) electrons. The Hall–Kier alpha value is -3.80. The van der Waals surface area contributed by atoms with Gasteiger partial charge in [-0.05, 0) is 48.9 Å². The maximum atomic E-state index is 12.5. The van der Waals surface area contributed by atoms with Gasteiger partial charge in [-0.3, -0.25) is 4.79 Å². The molecule has 30 heavy (non-hydrogen) atoms. The third kappa shape index (κ3) is 5.61. The van der Waals surface area contributed by atoms with Crippen LogP contribution in [0.25, 0.3) is 0 Å². The number of methoxy groups -OCH3 is 1. The molecule has 0 aliphatic heterocycles. The molecule has 0 saturated heterocycles. The average Bonchev–Trinajstić information content (AvgIpc) is 2.79. The molecule has 0 bridgehead atoms. The van der Waals surface area contributed by atoms with Gasteiger partial charge in [-0.15, -0.1) is 0 Å². The smallest absolute Gasteiger partial charge is 0.347 e. The Morgan fingerprint density at radius 1 is 0.900 bits per heavy atom. The predicted molar refractivity (Wildman–Crippen MR) is 114 cm³/mol. The summed E-state index contributed by atoms with van der Waals surface area (Å²) in [5, 5.41) is 2.81. The number of amides is 1. The van der Waals surface area contributed by atoms with E-state index in [9.17, 15) is 9.59 Å². The number of para-hydroxylation sites is 2. The molecule has 1 N–H and O–H groups in total. The fourth-order valence-electron chi connectivity index (χ4n) is 2.73. The highest BCUT2D eigenvalue weighted by Gasteiger charge is 2.17. The van der Waals surface area contributed by atoms with Crippen molar-refractivity contribution in [2.24, 2.45) is 0 Å². The molecule has 0 aliphatic rings. The minimum atomic E-state index is -0.776. The van der Waals surface area contributed by atoms with Crippen LogP contribution in [0.3, 0.4) is 0 Å². The monoisotopic (exact) mass is 405 g/mol. The Bertz CT molecular complexity index is 986. The second-order valence-corrected chi connectivity index (χ2v) is 6.53. The first-order valence-electron chi connectivity index (χ1n) is 9.48. The van der Waals surface area contributed by atoms with Crippen molar-refractivity contribution < 1.29 is 23.8 Å². The van der Waals surface area contributed by atoms with Gasteiger partial charge in [0.1, 0.15) is 18.1 Å². The molecule has 0 spiro atoms. The quantitative estimate of drug-likeness (QED) is 0.560. The fraction of sp³-hybridized carbons (Fsp3) is 0.167. The topological polar surface area (TPSA) is 73.9 Å². The van der Waals surface area contributed by atoms with E-state index < -0.39 is 12.1 Å². The van der Waals surface area contributed by atoms with E-state index in [4.69, 9.17) is 14.2 Å². The molecule has 0 saturated carbocycles. The lowest BCUT2D eigenvalue weighted by atomic mass is 10.2. The number of carbonyl (C=O) groups is 2. The van der Waals surface area contributed by atoms with E-state index >= 15 is 0 Å². The molecule has 3 aromatic rings. The first-order chi connectivity index (χ1) is 14.6. The Morgan fingerprint density at radius 3 is 2.27 bits per heavy atom. The summed E-state index contributed by atoms with van der Waals surface area (Å²) in [5.74, 6) is 0.305. The van der Waals surface area contributed by atoms with Crippen molar-refractivity contribution in [3.63, 3.8) is 0 Å². The zero-order valence-corrected chi connectivity index (χ0v) is 16.8. The van der Waals surface area contributed by atoms with Gasteiger partial charge in [0.05, 0.1) is 12.8 Å². The summed E-state index contributed by atoms with van der Waals surface area (Å²) >= 11 is 0. The number of rotatable bonds is 8. The summed E-state index contributed by atoms with van der Waals surface area (Å²) < 4.78 is 16.1. The summed E-state index contributed by atoms with van der Waals surface area (Å²) in [6.45, 7) is 1.81. The highest BCUT2D eigenvalue weighted by molar-refractivity contribution is 6.05. The van der Waals surface area contributed by atoms with Crippen LogP contribution in [0.1, 0.15) is 22.8 Å². The normalized spacial score (nSPS) is 11.3. The van der Waals surface area contributed by atoms with Gasteiger partial charge < -0.3 is 19.5 Å². The summed E-state index contributed by atoms with van der Waals surface area (Å²) in [7, 11) is 1.54. The maximum Gasteiger partial charge on any atom is 0.347 e. The van der Waals surface area contributed by atoms with Crippen molar-refractivity contribution in [1.82, 2.24) is 0 Å². The number of esters is 1. The van der Waals surface area contributed by atoms with Crippen LogP contribution in [-0.2, 0) is 16.1 Å². The number of carbonyl (C=O) groups excluding carboxylic acids is 2. The van der Waals surface area contributed by atoms with Crippen LogP contribution < -0.4 is 14.8 Å². The first-order valence-corrected chi connectivity index (χ1v) is 9.48. The van der Waals surface area contributed by atoms with Gasteiger partial charge in [0.2, 0.25) is 0 Å². The third-order valence-electron chi connectivity index (χ3n) is 4.34. The second kappa shape index (κ2) is 10.1. The fourth-order valence-corrected chi connectivity index (χ4v) is 2.73. The summed E-state index contributed by atoms with van der Waals surface area (Å²) in [6.07, 6.45) is -0.776. The van der Waals surface area contributed by atoms with E-state index in [1.165, 1.54) is 0 Å². The molecule has 3 rings (SSSR count). The van der Waals surface area contributed by atoms with Gasteiger partial charge in [-0.1, -0.05) is 42.5 Å². The molecule has 3 aromatic carbocycles. The van der Waals surface area contributed by atoms with E-state index in [0.717, 1.165) is 5.56 Å². The molecule has 0 fully saturated rings. The van der Waals surface area contributed by atoms with Gasteiger partial charge in [-0.2, -0.15) is 0 Å². The summed E-state index contributed by atoms with van der Waals surface area (Å²) in [5.41, 5.74) is 1.94.